The summed E-state index contributed by atoms with van der Waals surface area (Å²) in [7, 11) is 0. The number of aromatic nitrogens is 2. The lowest BCUT2D eigenvalue weighted by molar-refractivity contribution is -0.117. The third kappa shape index (κ3) is 3.59. The number of hydrogen-bond donors (Lipinski definition) is 1. The zero-order chi connectivity index (χ0) is 17.4. The van der Waals surface area contributed by atoms with Crippen LogP contribution in [0.15, 0.2) is 5.38 Å². The summed E-state index contributed by atoms with van der Waals surface area (Å²) >= 11 is 3.01. The Hall–Kier alpha value is -1.80. The van der Waals surface area contributed by atoms with E-state index >= 15 is 0 Å². The number of fused-ring (bicyclic) bond motifs is 1. The monoisotopic (exact) mass is 376 g/mol. The SMILES string of the molecule is CC1CCc2nc(NC(=O)Cc3csc(N4CCCC4=O)n3)sc2C1. The third-order valence-electron chi connectivity index (χ3n) is 4.62. The van der Waals surface area contributed by atoms with Crippen LogP contribution < -0.4 is 10.2 Å². The van der Waals surface area contributed by atoms with Gasteiger partial charge in [-0.1, -0.05) is 6.92 Å². The first-order valence-electron chi connectivity index (χ1n) is 8.61. The Morgan fingerprint density at radius 2 is 2.28 bits per heavy atom. The van der Waals surface area contributed by atoms with Crippen molar-refractivity contribution in [2.24, 2.45) is 5.92 Å². The molecule has 0 radical (unpaired) electrons. The van der Waals surface area contributed by atoms with Crippen molar-refractivity contribution in [2.75, 3.05) is 16.8 Å². The maximum atomic E-state index is 12.3. The molecule has 0 saturated carbocycles. The second kappa shape index (κ2) is 6.84. The van der Waals surface area contributed by atoms with E-state index in [9.17, 15) is 9.59 Å². The first kappa shape index (κ1) is 16.7. The van der Waals surface area contributed by atoms with Gasteiger partial charge in [0.05, 0.1) is 17.8 Å². The molecule has 6 nitrogen and oxygen atoms in total. The number of rotatable bonds is 4. The van der Waals surface area contributed by atoms with Crippen LogP contribution >= 0.6 is 22.7 Å². The highest BCUT2D eigenvalue weighted by Crippen LogP contribution is 2.32. The lowest BCUT2D eigenvalue weighted by atomic mass is 9.93. The predicted molar refractivity (Wildman–Crippen MR) is 99.3 cm³/mol. The van der Waals surface area contributed by atoms with E-state index < -0.39 is 0 Å². The molecule has 0 aromatic carbocycles. The lowest BCUT2D eigenvalue weighted by Gasteiger charge is -2.15. The maximum absolute atomic E-state index is 12.3. The summed E-state index contributed by atoms with van der Waals surface area (Å²) < 4.78 is 0. The van der Waals surface area contributed by atoms with Gasteiger partial charge in [-0.25, -0.2) is 9.97 Å². The highest BCUT2D eigenvalue weighted by Gasteiger charge is 2.25. The third-order valence-corrected chi connectivity index (χ3v) is 6.57. The number of anilines is 2. The largest absolute Gasteiger partial charge is 0.302 e. The minimum Gasteiger partial charge on any atom is -0.302 e. The molecule has 4 rings (SSSR count). The lowest BCUT2D eigenvalue weighted by Crippen LogP contribution is -2.23. The van der Waals surface area contributed by atoms with Crippen molar-refractivity contribution in [2.45, 2.75) is 45.4 Å². The summed E-state index contributed by atoms with van der Waals surface area (Å²) in [5.41, 5.74) is 1.84. The van der Waals surface area contributed by atoms with Crippen LogP contribution in [0.3, 0.4) is 0 Å². The number of aryl methyl sites for hydroxylation is 1. The normalized spacial score (nSPS) is 20.0. The molecule has 25 heavy (non-hydrogen) atoms. The summed E-state index contributed by atoms with van der Waals surface area (Å²) in [6, 6.07) is 0. The van der Waals surface area contributed by atoms with E-state index in [0.29, 0.717) is 28.3 Å². The maximum Gasteiger partial charge on any atom is 0.232 e. The Morgan fingerprint density at radius 1 is 1.40 bits per heavy atom. The van der Waals surface area contributed by atoms with Crippen LogP contribution in [0, 0.1) is 5.92 Å². The Labute approximate surface area is 154 Å². The fraction of sp³-hybridized carbons (Fsp3) is 0.529. The van der Waals surface area contributed by atoms with Gasteiger partial charge in [0.15, 0.2) is 10.3 Å². The molecule has 1 aliphatic carbocycles. The fourth-order valence-corrected chi connectivity index (χ4v) is 5.33. The molecule has 2 amide bonds. The first-order valence-corrected chi connectivity index (χ1v) is 10.3. The first-order chi connectivity index (χ1) is 12.1. The van der Waals surface area contributed by atoms with Gasteiger partial charge in [0, 0.05) is 23.2 Å². The molecule has 1 fully saturated rings. The zero-order valence-electron chi connectivity index (χ0n) is 14.1. The quantitative estimate of drug-likeness (QED) is 0.890. The van der Waals surface area contributed by atoms with Gasteiger partial charge in [-0.15, -0.1) is 22.7 Å². The highest BCUT2D eigenvalue weighted by atomic mass is 32.1. The van der Waals surface area contributed by atoms with Crippen molar-refractivity contribution >= 4 is 44.8 Å². The van der Waals surface area contributed by atoms with Crippen molar-refractivity contribution in [3.63, 3.8) is 0 Å². The van der Waals surface area contributed by atoms with Crippen LogP contribution in [-0.2, 0) is 28.9 Å². The number of nitrogens with one attached hydrogen (secondary N) is 1. The number of carbonyl (C=O) groups excluding carboxylic acids is 2. The predicted octanol–water partition coefficient (Wildman–Crippen LogP) is 3.03. The molecule has 0 spiro atoms. The van der Waals surface area contributed by atoms with Gasteiger partial charge in [0.2, 0.25) is 11.8 Å². The number of amides is 2. The van der Waals surface area contributed by atoms with Gasteiger partial charge < -0.3 is 5.32 Å². The minimum absolute atomic E-state index is 0.108. The molecule has 3 heterocycles. The van der Waals surface area contributed by atoms with E-state index in [0.717, 1.165) is 31.5 Å². The molecular formula is C17H20N4O2S2. The molecule has 1 saturated heterocycles. The Morgan fingerprint density at radius 3 is 3.08 bits per heavy atom. The second-order valence-electron chi connectivity index (χ2n) is 6.73. The van der Waals surface area contributed by atoms with Crippen molar-refractivity contribution < 1.29 is 9.59 Å². The van der Waals surface area contributed by atoms with E-state index in [1.54, 1.807) is 16.2 Å². The van der Waals surface area contributed by atoms with Crippen LogP contribution in [0.5, 0.6) is 0 Å². The zero-order valence-corrected chi connectivity index (χ0v) is 15.7. The smallest absolute Gasteiger partial charge is 0.232 e. The minimum atomic E-state index is -0.108. The van der Waals surface area contributed by atoms with E-state index in [2.05, 4.69) is 22.2 Å². The van der Waals surface area contributed by atoms with E-state index in [1.165, 1.54) is 22.6 Å². The van der Waals surface area contributed by atoms with Crippen molar-refractivity contribution in [3.05, 3.63) is 21.6 Å². The second-order valence-corrected chi connectivity index (χ2v) is 8.65. The van der Waals surface area contributed by atoms with E-state index in [4.69, 9.17) is 0 Å². The topological polar surface area (TPSA) is 75.2 Å². The van der Waals surface area contributed by atoms with Gasteiger partial charge in [0.1, 0.15) is 0 Å². The molecule has 0 bridgehead atoms. The molecule has 1 N–H and O–H groups in total. The molecule has 8 heteroatoms. The van der Waals surface area contributed by atoms with Crippen LogP contribution in [0.2, 0.25) is 0 Å². The number of nitrogens with zero attached hydrogens (tertiary/aromatic N) is 3. The number of hydrogen-bond acceptors (Lipinski definition) is 6. The average Bonchev–Trinajstić information content (AvgIpc) is 3.26. The van der Waals surface area contributed by atoms with Crippen LogP contribution in [0.25, 0.3) is 0 Å². The molecular weight excluding hydrogens is 356 g/mol. The number of thiazole rings is 2. The summed E-state index contributed by atoms with van der Waals surface area (Å²) in [5.74, 6) is 0.704. The molecule has 2 aromatic heterocycles. The van der Waals surface area contributed by atoms with Crippen molar-refractivity contribution in [3.8, 4) is 0 Å². The molecule has 2 aromatic rings. The van der Waals surface area contributed by atoms with Crippen molar-refractivity contribution in [1.82, 2.24) is 9.97 Å². The summed E-state index contributed by atoms with van der Waals surface area (Å²) in [4.78, 5) is 36.1. The van der Waals surface area contributed by atoms with E-state index in [-0.39, 0.29) is 18.2 Å². The van der Waals surface area contributed by atoms with Crippen molar-refractivity contribution in [1.29, 1.82) is 0 Å². The Kier molecular flexibility index (Phi) is 4.56. The summed E-state index contributed by atoms with van der Waals surface area (Å²) in [5, 5.41) is 6.15. The van der Waals surface area contributed by atoms with E-state index in [1.807, 2.05) is 5.38 Å². The average molecular weight is 377 g/mol. The van der Waals surface area contributed by atoms with Gasteiger partial charge >= 0.3 is 0 Å². The number of carbonyl (C=O) groups is 2. The van der Waals surface area contributed by atoms with Gasteiger partial charge in [-0.3, -0.25) is 14.5 Å². The highest BCUT2D eigenvalue weighted by molar-refractivity contribution is 7.16. The summed E-state index contributed by atoms with van der Waals surface area (Å²) in [6.45, 7) is 2.98. The van der Waals surface area contributed by atoms with Crippen LogP contribution in [-0.4, -0.2) is 28.3 Å². The van der Waals surface area contributed by atoms with Gasteiger partial charge in [-0.05, 0) is 31.6 Å². The van der Waals surface area contributed by atoms with Crippen LogP contribution in [0.1, 0.15) is 42.5 Å². The molecule has 2 aliphatic rings. The van der Waals surface area contributed by atoms with Crippen LogP contribution in [0.4, 0.5) is 10.3 Å². The Bertz CT molecular complexity index is 813. The fourth-order valence-electron chi connectivity index (χ4n) is 3.27. The molecule has 1 atom stereocenters. The molecule has 1 aliphatic heterocycles. The van der Waals surface area contributed by atoms with Gasteiger partial charge in [-0.2, -0.15) is 0 Å². The standard InChI is InChI=1S/C17H20N4O2S2/c1-10-4-5-12-13(7-10)25-16(19-12)20-14(22)8-11-9-24-17(18-11)21-6-2-3-15(21)23/h9-10H,2-8H2,1H3,(H,19,20,22). The Balaban J connectivity index is 1.38. The van der Waals surface area contributed by atoms with Gasteiger partial charge in [0.25, 0.3) is 0 Å². The summed E-state index contributed by atoms with van der Waals surface area (Å²) in [6.07, 6.45) is 4.90. The molecule has 132 valence electrons. The molecule has 1 unspecified atom stereocenters.